The van der Waals surface area contributed by atoms with E-state index >= 15 is 0 Å². The third kappa shape index (κ3) is 5.15. The maximum atomic E-state index is 5.68. The number of hydrogen-bond donors (Lipinski definition) is 1. The van der Waals surface area contributed by atoms with Crippen molar-refractivity contribution < 1.29 is 0 Å². The van der Waals surface area contributed by atoms with Crippen LogP contribution in [0.3, 0.4) is 0 Å². The molecule has 0 fully saturated rings. The van der Waals surface area contributed by atoms with Crippen LogP contribution in [-0.4, -0.2) is 9.97 Å². The van der Waals surface area contributed by atoms with Crippen LogP contribution in [0.4, 0.5) is 0 Å². The summed E-state index contributed by atoms with van der Waals surface area (Å²) in [4.78, 5) is 0. The van der Waals surface area contributed by atoms with Crippen molar-refractivity contribution in [3.8, 4) is 0 Å². The second-order valence-electron chi connectivity index (χ2n) is 2.85. The Kier molecular flexibility index (Phi) is 4.84. The van der Waals surface area contributed by atoms with E-state index in [2.05, 4.69) is 43.4 Å². The first-order valence-electron chi connectivity index (χ1n) is 3.43. The average molecular weight is 241 g/mol. The van der Waals surface area contributed by atoms with Gasteiger partial charge in [0.2, 0.25) is 0 Å². The van der Waals surface area contributed by atoms with E-state index in [-0.39, 0.29) is 0 Å². The van der Waals surface area contributed by atoms with Gasteiger partial charge in [0, 0.05) is 9.97 Å². The van der Waals surface area contributed by atoms with E-state index in [9.17, 15) is 0 Å². The van der Waals surface area contributed by atoms with Gasteiger partial charge in [0.05, 0.1) is 0 Å². The number of hydrogen-bond acceptors (Lipinski definition) is 1. The highest BCUT2D eigenvalue weighted by atomic mass is 127. The highest BCUT2D eigenvalue weighted by Gasteiger charge is 2.09. The Hall–Kier alpha value is 0.690. The first kappa shape index (κ1) is 9.69. The van der Waals surface area contributed by atoms with Gasteiger partial charge in [-0.25, -0.2) is 0 Å². The molecule has 2 heteroatoms. The summed E-state index contributed by atoms with van der Waals surface area (Å²) in [6.07, 6.45) is 1.23. The Morgan fingerprint density at radius 2 is 1.78 bits per heavy atom. The lowest BCUT2D eigenvalue weighted by Gasteiger charge is -2.16. The zero-order chi connectivity index (χ0) is 7.44. The molecule has 0 aliphatic heterocycles. The van der Waals surface area contributed by atoms with E-state index in [4.69, 9.17) is 5.73 Å². The van der Waals surface area contributed by atoms with Crippen LogP contribution in [0.25, 0.3) is 0 Å². The summed E-state index contributed by atoms with van der Waals surface area (Å²) in [6.45, 7) is 6.50. The molecule has 0 saturated carbocycles. The molecule has 0 bridgehead atoms. The van der Waals surface area contributed by atoms with Crippen molar-refractivity contribution in [2.24, 2.45) is 11.7 Å². The van der Waals surface area contributed by atoms with Crippen molar-refractivity contribution in [1.82, 2.24) is 0 Å². The Morgan fingerprint density at radius 3 is 1.89 bits per heavy atom. The third-order valence-corrected chi connectivity index (χ3v) is 2.10. The van der Waals surface area contributed by atoms with Gasteiger partial charge in [-0.1, -0.05) is 36.4 Å². The molecule has 56 valence electrons. The molecule has 3 unspecified atom stereocenters. The minimum atomic E-state index is 0.349. The molecule has 0 aromatic rings. The average Bonchev–Trinajstić information content (AvgIpc) is 1.63. The van der Waals surface area contributed by atoms with Gasteiger partial charge in [-0.3, -0.25) is 0 Å². The highest BCUT2D eigenvalue weighted by molar-refractivity contribution is 14.1. The van der Waals surface area contributed by atoms with E-state index in [1.807, 2.05) is 0 Å². The molecule has 0 amide bonds. The molecule has 0 aliphatic rings. The standard InChI is InChI=1S/C7H16IN/c1-5(7(3)9)4-6(2)8/h5-7H,4,9H2,1-3H3. The molecule has 0 heterocycles. The Labute approximate surface area is 71.5 Å². The van der Waals surface area contributed by atoms with Crippen LogP contribution in [0, 0.1) is 5.92 Å². The fraction of sp³-hybridized carbons (Fsp3) is 1.00. The van der Waals surface area contributed by atoms with Crippen LogP contribution >= 0.6 is 22.6 Å². The molecule has 3 atom stereocenters. The van der Waals surface area contributed by atoms with E-state index < -0.39 is 0 Å². The van der Waals surface area contributed by atoms with Crippen LogP contribution in [0.15, 0.2) is 0 Å². The summed E-state index contributed by atoms with van der Waals surface area (Å²) >= 11 is 2.44. The zero-order valence-corrected chi connectivity index (χ0v) is 8.55. The molecule has 0 rings (SSSR count). The SMILES string of the molecule is CC(I)CC(C)C(C)N. The van der Waals surface area contributed by atoms with Crippen LogP contribution in [0.1, 0.15) is 27.2 Å². The normalized spacial score (nSPS) is 21.0. The summed E-state index contributed by atoms with van der Waals surface area (Å²) in [6, 6.07) is 0.349. The van der Waals surface area contributed by atoms with Gasteiger partial charge in [-0.2, -0.15) is 0 Å². The van der Waals surface area contributed by atoms with E-state index in [1.165, 1.54) is 6.42 Å². The molecular formula is C7H16IN. The maximum Gasteiger partial charge on any atom is 0.00844 e. The molecular weight excluding hydrogens is 225 g/mol. The first-order chi connectivity index (χ1) is 4.04. The Balaban J connectivity index is 3.38. The molecule has 1 nitrogen and oxygen atoms in total. The third-order valence-electron chi connectivity index (χ3n) is 1.59. The summed E-state index contributed by atoms with van der Waals surface area (Å²) < 4.78 is 0.753. The lowest BCUT2D eigenvalue weighted by atomic mass is 9.99. The molecule has 2 N–H and O–H groups in total. The van der Waals surface area contributed by atoms with Crippen LogP contribution < -0.4 is 5.73 Å². The van der Waals surface area contributed by atoms with Crippen LogP contribution in [0.2, 0.25) is 0 Å². The van der Waals surface area contributed by atoms with Crippen molar-refractivity contribution in [2.45, 2.75) is 37.2 Å². The Bertz CT molecular complexity index is 71.3. The molecule has 0 spiro atoms. The smallest absolute Gasteiger partial charge is 0.00844 e. The quantitative estimate of drug-likeness (QED) is 0.594. The lowest BCUT2D eigenvalue weighted by Crippen LogP contribution is -2.25. The van der Waals surface area contributed by atoms with Crippen molar-refractivity contribution in [1.29, 1.82) is 0 Å². The van der Waals surface area contributed by atoms with Gasteiger partial charge in [0.25, 0.3) is 0 Å². The van der Waals surface area contributed by atoms with Gasteiger partial charge in [-0.15, -0.1) is 0 Å². The largest absolute Gasteiger partial charge is 0.328 e. The van der Waals surface area contributed by atoms with Crippen molar-refractivity contribution in [3.05, 3.63) is 0 Å². The van der Waals surface area contributed by atoms with Gasteiger partial charge in [-0.05, 0) is 19.3 Å². The molecule has 0 aromatic carbocycles. The summed E-state index contributed by atoms with van der Waals surface area (Å²) in [5, 5.41) is 0. The molecule has 0 aliphatic carbocycles. The molecule has 0 saturated heterocycles. The van der Waals surface area contributed by atoms with E-state index in [0.29, 0.717) is 12.0 Å². The predicted octanol–water partition coefficient (Wildman–Crippen LogP) is 2.18. The fourth-order valence-corrected chi connectivity index (χ4v) is 1.53. The van der Waals surface area contributed by atoms with Gasteiger partial charge >= 0.3 is 0 Å². The van der Waals surface area contributed by atoms with Crippen molar-refractivity contribution >= 4 is 22.6 Å². The van der Waals surface area contributed by atoms with Gasteiger partial charge in [0.15, 0.2) is 0 Å². The van der Waals surface area contributed by atoms with Crippen LogP contribution in [0.5, 0.6) is 0 Å². The maximum absolute atomic E-state index is 5.68. The summed E-state index contributed by atoms with van der Waals surface area (Å²) in [5.41, 5.74) is 5.68. The lowest BCUT2D eigenvalue weighted by molar-refractivity contribution is 0.455. The first-order valence-corrected chi connectivity index (χ1v) is 4.68. The van der Waals surface area contributed by atoms with Crippen molar-refractivity contribution in [3.63, 3.8) is 0 Å². The minimum absolute atomic E-state index is 0.349. The zero-order valence-electron chi connectivity index (χ0n) is 6.39. The molecule has 0 aromatic heterocycles. The molecule has 9 heavy (non-hydrogen) atoms. The second-order valence-corrected chi connectivity index (χ2v) is 4.98. The van der Waals surface area contributed by atoms with E-state index in [1.54, 1.807) is 0 Å². The second kappa shape index (κ2) is 4.50. The summed E-state index contributed by atoms with van der Waals surface area (Å²) in [7, 11) is 0. The number of halogens is 1. The highest BCUT2D eigenvalue weighted by Crippen LogP contribution is 2.14. The van der Waals surface area contributed by atoms with Crippen LogP contribution in [-0.2, 0) is 0 Å². The summed E-state index contributed by atoms with van der Waals surface area (Å²) in [5.74, 6) is 0.664. The van der Waals surface area contributed by atoms with E-state index in [0.717, 1.165) is 3.92 Å². The minimum Gasteiger partial charge on any atom is -0.328 e. The fourth-order valence-electron chi connectivity index (χ4n) is 0.727. The van der Waals surface area contributed by atoms with Crippen molar-refractivity contribution in [2.75, 3.05) is 0 Å². The Morgan fingerprint density at radius 1 is 1.33 bits per heavy atom. The molecule has 0 radical (unpaired) electrons. The number of rotatable bonds is 3. The van der Waals surface area contributed by atoms with Gasteiger partial charge in [0.1, 0.15) is 0 Å². The monoisotopic (exact) mass is 241 g/mol. The number of alkyl halides is 1. The number of nitrogens with two attached hydrogens (primary N) is 1. The predicted molar refractivity (Wildman–Crippen MR) is 50.9 cm³/mol. The van der Waals surface area contributed by atoms with Gasteiger partial charge < -0.3 is 5.73 Å². The topological polar surface area (TPSA) is 26.0 Å².